The molecule has 1 unspecified atom stereocenters. The summed E-state index contributed by atoms with van der Waals surface area (Å²) in [6, 6.07) is 35.2. The first-order valence-electron chi connectivity index (χ1n) is 12.7. The van der Waals surface area contributed by atoms with Gasteiger partial charge in [-0.2, -0.15) is 4.57 Å². The minimum atomic E-state index is -4.04. The van der Waals surface area contributed by atoms with Gasteiger partial charge in [-0.3, -0.25) is 0 Å². The van der Waals surface area contributed by atoms with E-state index in [-0.39, 0.29) is 9.03 Å². The molecule has 8 heteroatoms. The highest BCUT2D eigenvalue weighted by atomic mass is 31.2. The highest BCUT2D eigenvalue weighted by molar-refractivity contribution is 7.49. The molecular weight excluding hydrogens is 542 g/mol. The van der Waals surface area contributed by atoms with Gasteiger partial charge >= 0.3 is 7.82 Å². The molecule has 0 bridgehead atoms. The fraction of sp³-hybridized carbons (Fsp3) is 0.0625. The van der Waals surface area contributed by atoms with E-state index in [1.165, 1.54) is 0 Å². The Morgan fingerprint density at radius 3 is 1.68 bits per heavy atom. The largest absolute Gasteiger partial charge is 0.647 e. The van der Waals surface area contributed by atoms with Crippen LogP contribution in [0.2, 0.25) is 0 Å². The molecule has 0 saturated carbocycles. The Morgan fingerprint density at radius 2 is 1.10 bits per heavy atom. The second-order valence-corrected chi connectivity index (χ2v) is 10.7. The van der Waals surface area contributed by atoms with Gasteiger partial charge in [0.15, 0.2) is 0 Å². The summed E-state index contributed by atoms with van der Waals surface area (Å²) in [7, 11) is -4.16. The zero-order chi connectivity index (χ0) is 27.5. The van der Waals surface area contributed by atoms with E-state index in [0.717, 1.165) is 29.1 Å². The van der Waals surface area contributed by atoms with Crippen molar-refractivity contribution in [3.05, 3.63) is 156 Å². The Balaban J connectivity index is 1.18. The third kappa shape index (κ3) is 8.38. The molecule has 5 rings (SSSR count). The van der Waals surface area contributed by atoms with Gasteiger partial charge in [-0.15, -0.1) is 0 Å². The summed E-state index contributed by atoms with van der Waals surface area (Å²) in [5, 5.41) is 0. The van der Waals surface area contributed by atoms with Crippen LogP contribution in [-0.4, -0.2) is 0 Å². The standard InChI is InChI=1S/C32H28O6P2/c33-40(36-30-14-6-2-7-15-30,37-31-16-8-3-9-17-31)38-32-18-10-11-26(21-24-32)25-27-19-22-29(23-20-27)35-39-34-28-12-4-1-5-13-28/h1-9,11-24,39H,10,25H2. The Kier molecular flexibility index (Phi) is 9.37. The summed E-state index contributed by atoms with van der Waals surface area (Å²) in [6.45, 7) is 0. The number of hydrogen-bond acceptors (Lipinski definition) is 6. The summed E-state index contributed by atoms with van der Waals surface area (Å²) in [5.41, 5.74) is 2.23. The predicted molar refractivity (Wildman–Crippen MR) is 159 cm³/mol. The van der Waals surface area contributed by atoms with Crippen molar-refractivity contribution in [2.75, 3.05) is 0 Å². The van der Waals surface area contributed by atoms with Crippen LogP contribution in [0.1, 0.15) is 12.0 Å². The number of allylic oxidation sites excluding steroid dienone is 5. The molecule has 0 amide bonds. The number of phosphoric acid groups is 1. The maximum atomic E-state index is 13.7. The molecule has 202 valence electrons. The van der Waals surface area contributed by atoms with Crippen molar-refractivity contribution in [2.45, 2.75) is 12.8 Å². The molecule has 0 aliphatic heterocycles. The van der Waals surface area contributed by atoms with E-state index in [1.54, 1.807) is 54.6 Å². The van der Waals surface area contributed by atoms with Crippen LogP contribution in [0.15, 0.2) is 151 Å². The van der Waals surface area contributed by atoms with Gasteiger partial charge in [0.25, 0.3) is 9.03 Å². The van der Waals surface area contributed by atoms with Crippen LogP contribution in [0.3, 0.4) is 0 Å². The highest BCUT2D eigenvalue weighted by Gasteiger charge is 2.33. The number of hydrogen-bond donors (Lipinski definition) is 0. The van der Waals surface area contributed by atoms with E-state index in [0.29, 0.717) is 23.7 Å². The zero-order valence-corrected chi connectivity index (χ0v) is 23.5. The van der Waals surface area contributed by atoms with Gasteiger partial charge in [0, 0.05) is 0 Å². The molecule has 1 aliphatic carbocycles. The summed E-state index contributed by atoms with van der Waals surface area (Å²) in [5.74, 6) is 2.70. The minimum Gasteiger partial charge on any atom is -0.441 e. The van der Waals surface area contributed by atoms with Crippen LogP contribution in [0, 0.1) is 0 Å². The van der Waals surface area contributed by atoms with Crippen molar-refractivity contribution in [3.8, 4) is 23.0 Å². The monoisotopic (exact) mass is 570 g/mol. The highest BCUT2D eigenvalue weighted by Crippen LogP contribution is 2.51. The second-order valence-electron chi connectivity index (χ2n) is 8.72. The van der Waals surface area contributed by atoms with Crippen molar-refractivity contribution in [3.63, 3.8) is 0 Å². The quantitative estimate of drug-likeness (QED) is 0.158. The summed E-state index contributed by atoms with van der Waals surface area (Å²) >= 11 is 0. The van der Waals surface area contributed by atoms with Crippen LogP contribution in [-0.2, 0) is 15.5 Å². The fourth-order valence-corrected chi connectivity index (χ4v) is 5.54. The first kappa shape index (κ1) is 27.3. The molecule has 0 heterocycles. The van der Waals surface area contributed by atoms with Crippen LogP contribution in [0.4, 0.5) is 0 Å². The Labute approximate surface area is 236 Å². The molecule has 1 atom stereocenters. The fourth-order valence-electron chi connectivity index (χ4n) is 3.77. The molecule has 0 spiro atoms. The second kappa shape index (κ2) is 13.7. The number of rotatable bonds is 12. The lowest BCUT2D eigenvalue weighted by molar-refractivity contribution is 0.262. The molecule has 0 fully saturated rings. The average molecular weight is 571 g/mol. The minimum absolute atomic E-state index is 0.126. The van der Waals surface area contributed by atoms with Crippen molar-refractivity contribution < 1.29 is 27.2 Å². The van der Waals surface area contributed by atoms with Gasteiger partial charge in [-0.05, 0) is 84.7 Å². The topological polar surface area (TPSA) is 63.2 Å². The number of para-hydroxylation sites is 3. The SMILES string of the molecule is O=P(OC1=CCC=C(Cc2ccc(OPOc3ccccc3)cc2)C=C1)(Oc1ccccc1)Oc1ccccc1. The van der Waals surface area contributed by atoms with Crippen molar-refractivity contribution >= 4 is 16.9 Å². The van der Waals surface area contributed by atoms with E-state index in [4.69, 9.17) is 22.6 Å². The lowest BCUT2D eigenvalue weighted by Gasteiger charge is -2.19. The maximum absolute atomic E-state index is 13.7. The molecule has 1 aliphatic rings. The number of benzene rings is 4. The maximum Gasteiger partial charge on any atom is 0.647 e. The van der Waals surface area contributed by atoms with Gasteiger partial charge in [-0.25, -0.2) is 0 Å². The summed E-state index contributed by atoms with van der Waals surface area (Å²) < 4.78 is 42.4. The van der Waals surface area contributed by atoms with E-state index in [1.807, 2.05) is 78.9 Å². The zero-order valence-electron chi connectivity index (χ0n) is 21.6. The van der Waals surface area contributed by atoms with Crippen LogP contribution >= 0.6 is 16.9 Å². The third-order valence-corrected chi connectivity index (χ3v) is 7.63. The smallest absolute Gasteiger partial charge is 0.441 e. The molecule has 6 nitrogen and oxygen atoms in total. The molecule has 40 heavy (non-hydrogen) atoms. The molecule has 4 aromatic carbocycles. The Morgan fingerprint density at radius 1 is 0.575 bits per heavy atom. The van der Waals surface area contributed by atoms with Gasteiger partial charge in [-0.1, -0.05) is 78.9 Å². The lowest BCUT2D eigenvalue weighted by Crippen LogP contribution is -2.04. The van der Waals surface area contributed by atoms with Crippen molar-refractivity contribution in [2.24, 2.45) is 0 Å². The normalized spacial score (nSPS) is 13.2. The van der Waals surface area contributed by atoms with Gasteiger partial charge < -0.3 is 22.6 Å². The lowest BCUT2D eigenvalue weighted by atomic mass is 10.0. The molecule has 0 N–H and O–H groups in total. The van der Waals surface area contributed by atoms with Gasteiger partial charge in [0.2, 0.25) is 0 Å². The molecule has 0 radical (unpaired) electrons. The van der Waals surface area contributed by atoms with Crippen LogP contribution < -0.4 is 18.1 Å². The first-order chi connectivity index (χ1) is 19.6. The first-order valence-corrected chi connectivity index (χ1v) is 15.0. The van der Waals surface area contributed by atoms with Crippen LogP contribution in [0.5, 0.6) is 23.0 Å². The van der Waals surface area contributed by atoms with E-state index in [9.17, 15) is 4.57 Å². The van der Waals surface area contributed by atoms with Crippen molar-refractivity contribution in [1.29, 1.82) is 0 Å². The molecule has 0 aromatic heterocycles. The Hall–Kier alpha value is -4.24. The predicted octanol–water partition coefficient (Wildman–Crippen LogP) is 9.25. The van der Waals surface area contributed by atoms with E-state index in [2.05, 4.69) is 6.08 Å². The molecular formula is C32H28O6P2. The average Bonchev–Trinajstić information content (AvgIpc) is 3.20. The van der Waals surface area contributed by atoms with Gasteiger partial charge in [0.05, 0.1) is 0 Å². The van der Waals surface area contributed by atoms with E-state index >= 15 is 0 Å². The summed E-state index contributed by atoms with van der Waals surface area (Å²) in [6.07, 6.45) is 9.02. The Bertz CT molecular complexity index is 1460. The summed E-state index contributed by atoms with van der Waals surface area (Å²) in [4.78, 5) is 0. The molecule has 4 aromatic rings. The third-order valence-electron chi connectivity index (χ3n) is 5.69. The van der Waals surface area contributed by atoms with Gasteiger partial charge in [0.1, 0.15) is 28.8 Å². The number of phosphoric ester groups is 1. The van der Waals surface area contributed by atoms with Crippen molar-refractivity contribution in [1.82, 2.24) is 0 Å². The molecule has 0 saturated heterocycles. The van der Waals surface area contributed by atoms with Crippen LogP contribution in [0.25, 0.3) is 0 Å². The van der Waals surface area contributed by atoms with E-state index < -0.39 is 7.82 Å².